The van der Waals surface area contributed by atoms with E-state index in [9.17, 15) is 28.1 Å². The van der Waals surface area contributed by atoms with Crippen LogP contribution in [0.2, 0.25) is 0 Å². The minimum Gasteiger partial charge on any atom is -0.468 e. The maximum absolute atomic E-state index is 13.4. The van der Waals surface area contributed by atoms with Crippen molar-refractivity contribution in [2.45, 2.75) is 11.8 Å². The average molecular weight is 422 g/mol. The summed E-state index contributed by atoms with van der Waals surface area (Å²) in [7, 11) is -2.28. The van der Waals surface area contributed by atoms with Crippen molar-refractivity contribution < 1.29 is 32.4 Å². The number of esters is 2. The molecule has 11 heteroatoms. The maximum Gasteiger partial charge on any atom is 0.340 e. The zero-order valence-electron chi connectivity index (χ0n) is 15.8. The van der Waals surface area contributed by atoms with E-state index in [1.165, 1.54) is 43.3 Å². The van der Waals surface area contributed by atoms with Crippen LogP contribution in [0.5, 0.6) is 0 Å². The molecule has 0 heterocycles. The van der Waals surface area contributed by atoms with Crippen LogP contribution in [0.1, 0.15) is 15.9 Å². The van der Waals surface area contributed by atoms with E-state index in [4.69, 9.17) is 0 Å². The molecule has 29 heavy (non-hydrogen) atoms. The van der Waals surface area contributed by atoms with Crippen molar-refractivity contribution in [3.63, 3.8) is 0 Å². The molecule has 0 fully saturated rings. The first-order valence-electron chi connectivity index (χ1n) is 8.15. The lowest BCUT2D eigenvalue weighted by Crippen LogP contribution is -2.37. The Morgan fingerprint density at radius 1 is 1.10 bits per heavy atom. The summed E-state index contributed by atoms with van der Waals surface area (Å²) in [5.41, 5.74) is -0.448. The quantitative estimate of drug-likeness (QED) is 0.376. The molecule has 0 saturated heterocycles. The van der Waals surface area contributed by atoms with E-state index in [0.29, 0.717) is 4.31 Å². The van der Waals surface area contributed by atoms with Crippen molar-refractivity contribution in [2.75, 3.05) is 25.1 Å². The van der Waals surface area contributed by atoms with E-state index in [1.54, 1.807) is 0 Å². The first-order chi connectivity index (χ1) is 13.6. The fraction of sp³-hybridized carbons (Fsp3) is 0.222. The molecule has 10 nitrogen and oxygen atoms in total. The molecule has 0 aromatic heterocycles. The van der Waals surface area contributed by atoms with Crippen LogP contribution in [-0.4, -0.2) is 46.0 Å². The SMILES string of the molecule is COC(=O)CN(c1ccccc1C(=O)OC)S(=O)(=O)c1cc([N+](=O)[O-])ccc1C. The minimum absolute atomic E-state index is 0.106. The molecule has 0 saturated carbocycles. The van der Waals surface area contributed by atoms with Crippen LogP contribution >= 0.6 is 0 Å². The fourth-order valence-electron chi connectivity index (χ4n) is 2.55. The minimum atomic E-state index is -4.49. The lowest BCUT2D eigenvalue weighted by molar-refractivity contribution is -0.385. The summed E-state index contributed by atoms with van der Waals surface area (Å²) in [5, 5.41) is 11.1. The van der Waals surface area contributed by atoms with Crippen molar-refractivity contribution in [1.29, 1.82) is 0 Å². The Kier molecular flexibility index (Phi) is 6.54. The Balaban J connectivity index is 2.75. The number of methoxy groups -OCH3 is 2. The number of benzene rings is 2. The number of hydrogen-bond acceptors (Lipinski definition) is 8. The number of non-ortho nitro benzene ring substituents is 1. The van der Waals surface area contributed by atoms with E-state index < -0.39 is 39.1 Å². The third-order valence-electron chi connectivity index (χ3n) is 4.03. The number of carbonyl (C=O) groups excluding carboxylic acids is 2. The van der Waals surface area contributed by atoms with Gasteiger partial charge in [-0.15, -0.1) is 0 Å². The Morgan fingerprint density at radius 2 is 1.76 bits per heavy atom. The van der Waals surface area contributed by atoms with Gasteiger partial charge in [-0.1, -0.05) is 18.2 Å². The van der Waals surface area contributed by atoms with Crippen molar-refractivity contribution >= 4 is 33.3 Å². The smallest absolute Gasteiger partial charge is 0.340 e. The predicted octanol–water partition coefficient (Wildman–Crippen LogP) is 2.06. The predicted molar refractivity (Wildman–Crippen MR) is 102 cm³/mol. The fourth-order valence-corrected chi connectivity index (χ4v) is 4.23. The molecule has 0 N–H and O–H groups in total. The molecule has 0 radical (unpaired) electrons. The number of hydrogen-bond donors (Lipinski definition) is 0. The third-order valence-corrected chi connectivity index (χ3v) is 5.93. The van der Waals surface area contributed by atoms with Gasteiger partial charge in [0.05, 0.1) is 35.3 Å². The number of ether oxygens (including phenoxy) is 2. The maximum atomic E-state index is 13.4. The average Bonchev–Trinajstić information content (AvgIpc) is 2.71. The van der Waals surface area contributed by atoms with Gasteiger partial charge in [0.15, 0.2) is 0 Å². The van der Waals surface area contributed by atoms with Gasteiger partial charge in [-0.05, 0) is 24.6 Å². The molecule has 0 atom stereocenters. The van der Waals surface area contributed by atoms with Crippen molar-refractivity contribution in [3.8, 4) is 0 Å². The summed E-state index contributed by atoms with van der Waals surface area (Å²) in [6, 6.07) is 8.98. The molecular weight excluding hydrogens is 404 g/mol. The van der Waals surface area contributed by atoms with Crippen LogP contribution in [0.3, 0.4) is 0 Å². The van der Waals surface area contributed by atoms with Gasteiger partial charge in [0.1, 0.15) is 6.54 Å². The molecular formula is C18H18N2O8S. The first-order valence-corrected chi connectivity index (χ1v) is 9.59. The largest absolute Gasteiger partial charge is 0.468 e. The van der Waals surface area contributed by atoms with Crippen LogP contribution in [0, 0.1) is 17.0 Å². The van der Waals surface area contributed by atoms with Crippen LogP contribution in [0.4, 0.5) is 11.4 Å². The second-order valence-electron chi connectivity index (χ2n) is 5.80. The standard InChI is InChI=1S/C18H18N2O8S/c1-12-8-9-13(20(23)24)10-16(12)29(25,26)19(11-17(21)27-2)15-7-5-4-6-14(15)18(22)28-3/h4-10H,11H2,1-3H3. The summed E-state index contributed by atoms with van der Waals surface area (Å²) in [6.07, 6.45) is 0. The van der Waals surface area contributed by atoms with Gasteiger partial charge in [0.25, 0.3) is 15.7 Å². The zero-order valence-corrected chi connectivity index (χ0v) is 16.6. The summed E-state index contributed by atoms with van der Waals surface area (Å²) in [5.74, 6) is -1.71. The third kappa shape index (κ3) is 4.51. The highest BCUT2D eigenvalue weighted by Crippen LogP contribution is 2.31. The lowest BCUT2D eigenvalue weighted by atomic mass is 10.2. The number of carbonyl (C=O) groups is 2. The van der Waals surface area contributed by atoms with E-state index in [0.717, 1.165) is 20.3 Å². The molecule has 2 aromatic rings. The van der Waals surface area contributed by atoms with E-state index >= 15 is 0 Å². The molecule has 0 spiro atoms. The van der Waals surface area contributed by atoms with E-state index in [1.807, 2.05) is 0 Å². The van der Waals surface area contributed by atoms with Crippen molar-refractivity contribution in [2.24, 2.45) is 0 Å². The van der Waals surface area contributed by atoms with Gasteiger partial charge in [-0.25, -0.2) is 13.2 Å². The van der Waals surface area contributed by atoms with E-state index in [2.05, 4.69) is 9.47 Å². The normalized spacial score (nSPS) is 10.9. The lowest BCUT2D eigenvalue weighted by Gasteiger charge is -2.25. The van der Waals surface area contributed by atoms with Gasteiger partial charge in [0.2, 0.25) is 0 Å². The molecule has 154 valence electrons. The summed E-state index contributed by atoms with van der Waals surface area (Å²) in [4.78, 5) is 34.0. The summed E-state index contributed by atoms with van der Waals surface area (Å²) in [6.45, 7) is 0.702. The molecule has 0 aliphatic carbocycles. The number of nitrogens with zero attached hydrogens (tertiary/aromatic N) is 2. The highest BCUT2D eigenvalue weighted by Gasteiger charge is 2.32. The molecule has 2 rings (SSSR count). The number of anilines is 1. The topological polar surface area (TPSA) is 133 Å². The summed E-state index contributed by atoms with van der Waals surface area (Å²) < 4.78 is 36.7. The van der Waals surface area contributed by atoms with Crippen LogP contribution in [-0.2, 0) is 24.3 Å². The molecule has 0 aliphatic rings. The molecule has 0 aliphatic heterocycles. The zero-order chi connectivity index (χ0) is 21.8. The Bertz CT molecular complexity index is 1070. The van der Waals surface area contributed by atoms with Crippen LogP contribution < -0.4 is 4.31 Å². The van der Waals surface area contributed by atoms with E-state index in [-0.39, 0.29) is 21.7 Å². The molecule has 2 aromatic carbocycles. The number of para-hydroxylation sites is 1. The number of sulfonamides is 1. The second-order valence-corrected chi connectivity index (χ2v) is 7.63. The highest BCUT2D eigenvalue weighted by molar-refractivity contribution is 7.93. The van der Waals surface area contributed by atoms with Crippen LogP contribution in [0.15, 0.2) is 47.4 Å². The van der Waals surface area contributed by atoms with Gasteiger partial charge < -0.3 is 9.47 Å². The molecule has 0 bridgehead atoms. The van der Waals surface area contributed by atoms with Gasteiger partial charge in [-0.3, -0.25) is 19.2 Å². The molecule has 0 unspecified atom stereocenters. The summed E-state index contributed by atoms with van der Waals surface area (Å²) >= 11 is 0. The molecule has 0 amide bonds. The van der Waals surface area contributed by atoms with Crippen molar-refractivity contribution in [3.05, 3.63) is 63.7 Å². The first kappa shape index (κ1) is 21.8. The number of nitro groups is 1. The Labute approximate surface area is 166 Å². The number of rotatable bonds is 7. The monoisotopic (exact) mass is 422 g/mol. The van der Waals surface area contributed by atoms with Gasteiger partial charge in [0, 0.05) is 12.1 Å². The Hall–Kier alpha value is -3.47. The second kappa shape index (κ2) is 8.69. The van der Waals surface area contributed by atoms with Crippen molar-refractivity contribution in [1.82, 2.24) is 0 Å². The number of aryl methyl sites for hydroxylation is 1. The number of nitro benzene ring substituents is 1. The Morgan fingerprint density at radius 3 is 2.34 bits per heavy atom. The van der Waals surface area contributed by atoms with Crippen LogP contribution in [0.25, 0.3) is 0 Å². The van der Waals surface area contributed by atoms with Gasteiger partial charge >= 0.3 is 11.9 Å². The highest BCUT2D eigenvalue weighted by atomic mass is 32.2. The van der Waals surface area contributed by atoms with Gasteiger partial charge in [-0.2, -0.15) is 0 Å².